The number of sulfonamides is 1. The summed E-state index contributed by atoms with van der Waals surface area (Å²) in [6, 6.07) is 0. The molecule has 0 aromatic heterocycles. The van der Waals surface area contributed by atoms with Gasteiger partial charge >= 0.3 is 51.4 Å². The van der Waals surface area contributed by atoms with E-state index in [-0.39, 0.29) is 56.6 Å². The van der Waals surface area contributed by atoms with Crippen LogP contribution >= 0.6 is 0 Å². The Kier molecular flexibility index (Phi) is 7.70. The van der Waals surface area contributed by atoms with Gasteiger partial charge in [0.05, 0.1) is 5.25 Å². The molecule has 4 nitrogen and oxygen atoms in total. The number of rotatable bonds is 1. The SMILES string of the molecule is C#N.NS(=O)(=O)C1CC1.[KH]. The molecule has 0 heterocycles. The zero-order valence-electron chi connectivity index (χ0n) is 4.82. The zero-order valence-corrected chi connectivity index (χ0v) is 5.63. The molecule has 54 valence electrons. The average Bonchev–Trinajstić information content (AvgIpc) is 2.47. The second-order valence-electron chi connectivity index (χ2n) is 1.79. The van der Waals surface area contributed by atoms with Crippen LogP contribution in [0.25, 0.3) is 0 Å². The van der Waals surface area contributed by atoms with Crippen molar-refractivity contribution in [3.05, 3.63) is 0 Å². The normalized spacial score (nSPS) is 15.9. The fourth-order valence-electron chi connectivity index (χ4n) is 0.397. The fourth-order valence-corrected chi connectivity index (χ4v) is 1.19. The number of hydrogen-bond acceptors (Lipinski definition) is 3. The fraction of sp³-hybridized carbons (Fsp3) is 0.750. The van der Waals surface area contributed by atoms with Crippen molar-refractivity contribution in [3.63, 3.8) is 0 Å². The monoisotopic (exact) mass is 188 g/mol. The number of nitrogens with zero attached hydrogens (tertiary/aromatic N) is 1. The van der Waals surface area contributed by atoms with Crippen molar-refractivity contribution in [2.75, 3.05) is 0 Å². The van der Waals surface area contributed by atoms with Crippen LogP contribution in [0.15, 0.2) is 0 Å². The molecule has 0 atom stereocenters. The molecule has 1 rings (SSSR count). The van der Waals surface area contributed by atoms with Crippen LogP contribution in [0.5, 0.6) is 0 Å². The van der Waals surface area contributed by atoms with Crippen molar-refractivity contribution >= 4 is 61.4 Å². The van der Waals surface area contributed by atoms with Crippen molar-refractivity contribution in [2.45, 2.75) is 18.1 Å². The molecule has 0 spiro atoms. The predicted octanol–water partition coefficient (Wildman–Crippen LogP) is -1.07. The summed E-state index contributed by atoms with van der Waals surface area (Å²) < 4.78 is 20.3. The van der Waals surface area contributed by atoms with Crippen LogP contribution in [0, 0.1) is 11.8 Å². The van der Waals surface area contributed by atoms with Crippen LogP contribution in [0.1, 0.15) is 12.8 Å². The van der Waals surface area contributed by atoms with Crippen LogP contribution in [-0.4, -0.2) is 65.1 Å². The van der Waals surface area contributed by atoms with E-state index in [9.17, 15) is 8.42 Å². The summed E-state index contributed by atoms with van der Waals surface area (Å²) >= 11 is 0. The first-order chi connectivity index (χ1) is 4.11. The molecule has 0 radical (unpaired) electrons. The van der Waals surface area contributed by atoms with Crippen molar-refractivity contribution < 1.29 is 8.42 Å². The van der Waals surface area contributed by atoms with Gasteiger partial charge in [0.15, 0.2) is 0 Å². The molecular formula is C4H9KN2O2S. The maximum atomic E-state index is 10.2. The summed E-state index contributed by atoms with van der Waals surface area (Å²) in [7, 11) is -3.13. The quantitative estimate of drug-likeness (QED) is 0.532. The van der Waals surface area contributed by atoms with Crippen molar-refractivity contribution in [1.82, 2.24) is 0 Å². The van der Waals surface area contributed by atoms with Gasteiger partial charge in [0.2, 0.25) is 10.0 Å². The molecule has 0 bridgehead atoms. The Labute approximate surface area is 103 Å². The Morgan fingerprint density at radius 2 is 1.70 bits per heavy atom. The van der Waals surface area contributed by atoms with Gasteiger partial charge in [0.25, 0.3) is 0 Å². The number of nitriles is 1. The molecule has 1 aliphatic rings. The zero-order chi connectivity index (χ0) is 7.49. The third-order valence-electron chi connectivity index (χ3n) is 0.989. The van der Waals surface area contributed by atoms with Gasteiger partial charge in [0, 0.05) is 6.57 Å². The topological polar surface area (TPSA) is 83.9 Å². The Morgan fingerprint density at radius 1 is 1.40 bits per heavy atom. The molecule has 1 fully saturated rings. The predicted molar refractivity (Wildman–Crippen MR) is 39.9 cm³/mol. The number of nitrogens with two attached hydrogens (primary N) is 1. The molecule has 1 saturated carbocycles. The van der Waals surface area contributed by atoms with E-state index in [0.29, 0.717) is 0 Å². The maximum absolute atomic E-state index is 10.2. The second kappa shape index (κ2) is 5.66. The van der Waals surface area contributed by atoms with E-state index in [0.717, 1.165) is 12.8 Å². The van der Waals surface area contributed by atoms with E-state index in [2.05, 4.69) is 6.57 Å². The van der Waals surface area contributed by atoms with E-state index < -0.39 is 10.0 Å². The van der Waals surface area contributed by atoms with E-state index >= 15 is 0 Å². The second-order valence-corrected chi connectivity index (χ2v) is 3.63. The van der Waals surface area contributed by atoms with Gasteiger partial charge in [-0.1, -0.05) is 0 Å². The Bertz CT molecular complexity index is 195. The standard InChI is InChI=1S/C3H7NO2S.CHN.K.H/c4-7(5,6)3-1-2-3;1-2;;/h3H,1-2H2,(H2,4,5,6);1H;;. The van der Waals surface area contributed by atoms with Crippen LogP contribution < -0.4 is 5.14 Å². The summed E-state index contributed by atoms with van der Waals surface area (Å²) in [6.07, 6.45) is 1.53. The molecule has 0 saturated heterocycles. The van der Waals surface area contributed by atoms with Gasteiger partial charge < -0.3 is 0 Å². The van der Waals surface area contributed by atoms with Crippen molar-refractivity contribution in [2.24, 2.45) is 5.14 Å². The average molecular weight is 188 g/mol. The molecule has 1 aliphatic carbocycles. The van der Waals surface area contributed by atoms with Gasteiger partial charge in [-0.2, -0.15) is 0 Å². The minimum absolute atomic E-state index is 0. The summed E-state index contributed by atoms with van der Waals surface area (Å²) in [5.41, 5.74) is 0. The van der Waals surface area contributed by atoms with Gasteiger partial charge in [-0.05, 0) is 12.8 Å². The summed E-state index contributed by atoms with van der Waals surface area (Å²) in [5, 5.41) is 11.0. The molecular weight excluding hydrogens is 179 g/mol. The third kappa shape index (κ3) is 5.79. The molecule has 0 aromatic carbocycles. The minimum atomic E-state index is -3.13. The molecule has 10 heavy (non-hydrogen) atoms. The molecule has 0 aromatic rings. The van der Waals surface area contributed by atoms with Crippen LogP contribution in [0.2, 0.25) is 0 Å². The third-order valence-corrected chi connectivity index (χ3v) is 2.39. The Hall–Kier alpha value is 1.04. The Morgan fingerprint density at radius 3 is 1.70 bits per heavy atom. The van der Waals surface area contributed by atoms with Gasteiger partial charge in [0.1, 0.15) is 0 Å². The summed E-state index contributed by atoms with van der Waals surface area (Å²) in [4.78, 5) is 0. The van der Waals surface area contributed by atoms with Crippen molar-refractivity contribution in [3.8, 4) is 6.57 Å². The summed E-state index contributed by atoms with van der Waals surface area (Å²) in [5.74, 6) is 0. The molecule has 0 aliphatic heterocycles. The number of primary sulfonamides is 1. The molecule has 2 N–H and O–H groups in total. The van der Waals surface area contributed by atoms with Gasteiger partial charge in [-0.3, -0.25) is 0 Å². The van der Waals surface area contributed by atoms with E-state index in [1.54, 1.807) is 0 Å². The molecule has 6 heteroatoms. The van der Waals surface area contributed by atoms with E-state index in [1.165, 1.54) is 0 Å². The van der Waals surface area contributed by atoms with Crippen LogP contribution in [0.4, 0.5) is 0 Å². The first kappa shape index (κ1) is 13.6. The van der Waals surface area contributed by atoms with Gasteiger partial charge in [-0.25, -0.2) is 18.8 Å². The van der Waals surface area contributed by atoms with Crippen molar-refractivity contribution in [1.29, 1.82) is 5.26 Å². The number of hydrogen-bond donors (Lipinski definition) is 1. The summed E-state index contributed by atoms with van der Waals surface area (Å²) in [6.45, 7) is 3.50. The van der Waals surface area contributed by atoms with E-state index in [4.69, 9.17) is 10.4 Å². The van der Waals surface area contributed by atoms with Crippen LogP contribution in [-0.2, 0) is 10.0 Å². The van der Waals surface area contributed by atoms with Crippen LogP contribution in [0.3, 0.4) is 0 Å². The molecule has 0 unspecified atom stereocenters. The van der Waals surface area contributed by atoms with E-state index in [1.807, 2.05) is 0 Å². The molecule has 0 amide bonds. The first-order valence-electron chi connectivity index (χ1n) is 2.38. The van der Waals surface area contributed by atoms with Gasteiger partial charge in [-0.15, -0.1) is 0 Å². The Balaban J connectivity index is 0. The first-order valence-corrected chi connectivity index (χ1v) is 3.99.